The Bertz CT molecular complexity index is 302. The summed E-state index contributed by atoms with van der Waals surface area (Å²) in [6, 6.07) is 1.91. The fourth-order valence-corrected chi connectivity index (χ4v) is 1.15. The van der Waals surface area contributed by atoms with Crippen molar-refractivity contribution in [2.75, 3.05) is 0 Å². The van der Waals surface area contributed by atoms with Gasteiger partial charge in [0.1, 0.15) is 5.82 Å². The molecule has 1 heterocycles. The van der Waals surface area contributed by atoms with E-state index < -0.39 is 0 Å². The normalized spacial score (nSPS) is 14.1. The number of hydrogen-bond acceptors (Lipinski definition) is 3. The molecule has 1 aromatic heterocycles. The van der Waals surface area contributed by atoms with Crippen molar-refractivity contribution >= 4 is 0 Å². The first-order valence-corrected chi connectivity index (χ1v) is 5.04. The topological polar surface area (TPSA) is 51.8 Å². The molecule has 14 heavy (non-hydrogen) atoms. The van der Waals surface area contributed by atoms with Gasteiger partial charge in [0, 0.05) is 17.3 Å². The summed E-state index contributed by atoms with van der Waals surface area (Å²) in [5.41, 5.74) is 6.99. The number of rotatable bonds is 2. The van der Waals surface area contributed by atoms with Gasteiger partial charge in [-0.1, -0.05) is 27.7 Å². The lowest BCUT2D eigenvalue weighted by molar-refractivity contribution is 0.550. The molecule has 0 aliphatic carbocycles. The Morgan fingerprint density at radius 1 is 1.43 bits per heavy atom. The first-order chi connectivity index (χ1) is 6.45. The molecule has 0 aromatic carbocycles. The van der Waals surface area contributed by atoms with Crippen LogP contribution >= 0.6 is 0 Å². The summed E-state index contributed by atoms with van der Waals surface area (Å²) in [6.45, 7) is 8.45. The molecule has 1 aromatic rings. The van der Waals surface area contributed by atoms with Gasteiger partial charge >= 0.3 is 0 Å². The molecule has 0 bridgehead atoms. The lowest BCUT2D eigenvalue weighted by Crippen LogP contribution is -2.19. The van der Waals surface area contributed by atoms with E-state index in [9.17, 15) is 0 Å². The van der Waals surface area contributed by atoms with Crippen LogP contribution in [0, 0.1) is 0 Å². The minimum absolute atomic E-state index is 0.0442. The molecule has 1 atom stereocenters. The van der Waals surface area contributed by atoms with Gasteiger partial charge in [0.15, 0.2) is 0 Å². The Labute approximate surface area is 85.8 Å². The second-order valence-corrected chi connectivity index (χ2v) is 4.56. The molecule has 0 amide bonds. The third kappa shape index (κ3) is 2.51. The molecule has 0 saturated heterocycles. The lowest BCUT2D eigenvalue weighted by Gasteiger charge is -2.18. The van der Waals surface area contributed by atoms with E-state index in [2.05, 4.69) is 30.7 Å². The molecule has 1 unspecified atom stereocenters. The highest BCUT2D eigenvalue weighted by atomic mass is 14.9. The Kier molecular flexibility index (Phi) is 3.21. The highest BCUT2D eigenvalue weighted by Crippen LogP contribution is 2.20. The molecule has 3 nitrogen and oxygen atoms in total. The standard InChI is InChI=1S/C11H19N3/c1-5-8(12)10-13-7-6-9(14-10)11(2,3)4/h6-8H,5,12H2,1-4H3. The number of hydrogen-bond donors (Lipinski definition) is 1. The Morgan fingerprint density at radius 2 is 2.07 bits per heavy atom. The van der Waals surface area contributed by atoms with Gasteiger partial charge in [-0.2, -0.15) is 0 Å². The van der Waals surface area contributed by atoms with Gasteiger partial charge in [0.2, 0.25) is 0 Å². The maximum atomic E-state index is 5.88. The molecular weight excluding hydrogens is 174 g/mol. The fraction of sp³-hybridized carbons (Fsp3) is 0.636. The van der Waals surface area contributed by atoms with Crippen LogP contribution in [-0.2, 0) is 5.41 Å². The molecule has 0 aliphatic rings. The lowest BCUT2D eigenvalue weighted by atomic mass is 9.92. The molecule has 0 aliphatic heterocycles. The zero-order valence-corrected chi connectivity index (χ0v) is 9.41. The summed E-state index contributed by atoms with van der Waals surface area (Å²) in [4.78, 5) is 8.67. The van der Waals surface area contributed by atoms with Crippen LogP contribution in [0.15, 0.2) is 12.3 Å². The predicted molar refractivity (Wildman–Crippen MR) is 58.0 cm³/mol. The molecule has 0 radical (unpaired) electrons. The van der Waals surface area contributed by atoms with Crippen molar-refractivity contribution in [3.63, 3.8) is 0 Å². The first kappa shape index (κ1) is 11.1. The van der Waals surface area contributed by atoms with Crippen LogP contribution in [-0.4, -0.2) is 9.97 Å². The zero-order chi connectivity index (χ0) is 10.8. The van der Waals surface area contributed by atoms with E-state index in [0.29, 0.717) is 0 Å². The number of aromatic nitrogens is 2. The second kappa shape index (κ2) is 4.05. The van der Waals surface area contributed by atoms with Gasteiger partial charge in [0.05, 0.1) is 6.04 Å². The van der Waals surface area contributed by atoms with Crippen LogP contribution in [0.4, 0.5) is 0 Å². The Balaban J connectivity index is 3.01. The molecule has 0 spiro atoms. The average Bonchev–Trinajstić information content (AvgIpc) is 2.15. The van der Waals surface area contributed by atoms with Crippen LogP contribution in [0.3, 0.4) is 0 Å². The van der Waals surface area contributed by atoms with E-state index in [-0.39, 0.29) is 11.5 Å². The van der Waals surface area contributed by atoms with Crippen molar-refractivity contribution < 1.29 is 0 Å². The van der Waals surface area contributed by atoms with Gasteiger partial charge in [-0.05, 0) is 12.5 Å². The Hall–Kier alpha value is -0.960. The van der Waals surface area contributed by atoms with Crippen molar-refractivity contribution in [1.29, 1.82) is 0 Å². The predicted octanol–water partition coefficient (Wildman–Crippen LogP) is 2.18. The van der Waals surface area contributed by atoms with Crippen molar-refractivity contribution in [3.05, 3.63) is 23.8 Å². The summed E-state index contributed by atoms with van der Waals surface area (Å²) < 4.78 is 0. The summed E-state index contributed by atoms with van der Waals surface area (Å²) in [5, 5.41) is 0. The molecular formula is C11H19N3. The van der Waals surface area contributed by atoms with Crippen LogP contribution < -0.4 is 5.73 Å². The maximum absolute atomic E-state index is 5.88. The highest BCUT2D eigenvalue weighted by Gasteiger charge is 2.17. The van der Waals surface area contributed by atoms with E-state index in [1.807, 2.05) is 13.0 Å². The van der Waals surface area contributed by atoms with Crippen LogP contribution in [0.5, 0.6) is 0 Å². The van der Waals surface area contributed by atoms with E-state index >= 15 is 0 Å². The minimum atomic E-state index is -0.0442. The number of nitrogens with two attached hydrogens (primary N) is 1. The van der Waals surface area contributed by atoms with Gasteiger partial charge in [-0.3, -0.25) is 0 Å². The summed E-state index contributed by atoms with van der Waals surface area (Å²) in [5.74, 6) is 0.750. The monoisotopic (exact) mass is 193 g/mol. The Morgan fingerprint density at radius 3 is 2.57 bits per heavy atom. The van der Waals surface area contributed by atoms with Crippen molar-refractivity contribution in [1.82, 2.24) is 9.97 Å². The van der Waals surface area contributed by atoms with Crippen LogP contribution in [0.2, 0.25) is 0 Å². The van der Waals surface area contributed by atoms with E-state index in [0.717, 1.165) is 17.9 Å². The molecule has 2 N–H and O–H groups in total. The van der Waals surface area contributed by atoms with Crippen molar-refractivity contribution in [2.24, 2.45) is 5.73 Å². The van der Waals surface area contributed by atoms with Crippen molar-refractivity contribution in [3.8, 4) is 0 Å². The highest BCUT2D eigenvalue weighted by molar-refractivity contribution is 5.13. The maximum Gasteiger partial charge on any atom is 0.145 e. The average molecular weight is 193 g/mol. The van der Waals surface area contributed by atoms with Gasteiger partial charge in [-0.15, -0.1) is 0 Å². The summed E-state index contributed by atoms with van der Waals surface area (Å²) in [6.07, 6.45) is 2.66. The smallest absolute Gasteiger partial charge is 0.145 e. The van der Waals surface area contributed by atoms with Crippen molar-refractivity contribution in [2.45, 2.75) is 45.6 Å². The number of nitrogens with zero attached hydrogens (tertiary/aromatic N) is 2. The summed E-state index contributed by atoms with van der Waals surface area (Å²) >= 11 is 0. The van der Waals surface area contributed by atoms with Gasteiger partial charge in [-0.25, -0.2) is 9.97 Å². The molecule has 0 fully saturated rings. The van der Waals surface area contributed by atoms with Gasteiger partial charge in [0.25, 0.3) is 0 Å². The minimum Gasteiger partial charge on any atom is -0.321 e. The van der Waals surface area contributed by atoms with Crippen LogP contribution in [0.25, 0.3) is 0 Å². The third-order valence-electron chi connectivity index (χ3n) is 2.21. The van der Waals surface area contributed by atoms with Crippen LogP contribution in [0.1, 0.15) is 51.7 Å². The summed E-state index contributed by atoms with van der Waals surface area (Å²) in [7, 11) is 0. The SMILES string of the molecule is CCC(N)c1nccc(C(C)(C)C)n1. The first-order valence-electron chi connectivity index (χ1n) is 5.04. The fourth-order valence-electron chi connectivity index (χ4n) is 1.15. The molecule has 3 heteroatoms. The largest absolute Gasteiger partial charge is 0.321 e. The second-order valence-electron chi connectivity index (χ2n) is 4.56. The quantitative estimate of drug-likeness (QED) is 0.783. The van der Waals surface area contributed by atoms with E-state index in [4.69, 9.17) is 5.73 Å². The molecule has 0 saturated carbocycles. The zero-order valence-electron chi connectivity index (χ0n) is 9.41. The van der Waals surface area contributed by atoms with Gasteiger partial charge < -0.3 is 5.73 Å². The molecule has 1 rings (SSSR count). The third-order valence-corrected chi connectivity index (χ3v) is 2.21. The van der Waals surface area contributed by atoms with E-state index in [1.54, 1.807) is 6.20 Å². The molecule has 78 valence electrons. The van der Waals surface area contributed by atoms with E-state index in [1.165, 1.54) is 0 Å².